The zero-order chi connectivity index (χ0) is 18.0. The maximum atomic E-state index is 12.4. The quantitative estimate of drug-likeness (QED) is 0.787. The van der Waals surface area contributed by atoms with Gasteiger partial charge in [0.25, 0.3) is 0 Å². The molecule has 138 valence electrons. The zero-order valence-corrected chi connectivity index (χ0v) is 15.9. The summed E-state index contributed by atoms with van der Waals surface area (Å²) in [7, 11) is -3.14. The van der Waals surface area contributed by atoms with Gasteiger partial charge in [-0.15, -0.1) is 11.3 Å². The molecule has 8 heteroatoms. The van der Waals surface area contributed by atoms with E-state index in [4.69, 9.17) is 4.74 Å². The van der Waals surface area contributed by atoms with E-state index in [2.05, 4.69) is 5.32 Å². The lowest BCUT2D eigenvalue weighted by molar-refractivity contribution is -0.117. The Morgan fingerprint density at radius 2 is 2.00 bits per heavy atom. The molecule has 0 unspecified atom stereocenters. The monoisotopic (exact) mass is 385 g/mol. The number of ether oxygens (including phenoxy) is 1. The first-order valence-corrected chi connectivity index (χ1v) is 11.4. The van der Waals surface area contributed by atoms with Crippen LogP contribution in [-0.2, 0) is 31.5 Å². The van der Waals surface area contributed by atoms with E-state index in [0.717, 1.165) is 31.2 Å². The van der Waals surface area contributed by atoms with Crippen molar-refractivity contribution in [2.45, 2.75) is 51.2 Å². The Balaban J connectivity index is 1.85. The van der Waals surface area contributed by atoms with Crippen molar-refractivity contribution >= 4 is 38.1 Å². The largest absolute Gasteiger partial charge is 0.462 e. The molecule has 0 atom stereocenters. The third-order valence-corrected chi connectivity index (χ3v) is 7.67. The molecule has 1 aliphatic carbocycles. The number of thiophene rings is 1. The molecule has 0 radical (unpaired) electrons. The molecule has 3 rings (SSSR count). The summed E-state index contributed by atoms with van der Waals surface area (Å²) in [6, 6.07) is 0. The Labute approximate surface area is 151 Å². The minimum atomic E-state index is -3.14. The van der Waals surface area contributed by atoms with Crippen LogP contribution in [0.15, 0.2) is 0 Å². The molecule has 1 amide bonds. The molecule has 0 aromatic carbocycles. The van der Waals surface area contributed by atoms with Crippen molar-refractivity contribution in [1.29, 1.82) is 0 Å². The van der Waals surface area contributed by atoms with Crippen molar-refractivity contribution in [3.63, 3.8) is 0 Å². The molecule has 2 heterocycles. The van der Waals surface area contributed by atoms with Crippen LogP contribution >= 0.6 is 11.3 Å². The fourth-order valence-corrected chi connectivity index (χ4v) is 6.64. The Kier molecular flexibility index (Phi) is 5.48. The Bertz CT molecular complexity index is 775. The van der Waals surface area contributed by atoms with Crippen LogP contribution in [0.3, 0.4) is 0 Å². The van der Waals surface area contributed by atoms with Gasteiger partial charge < -0.3 is 10.1 Å². The van der Waals surface area contributed by atoms with Gasteiger partial charge in [0.15, 0.2) is 9.84 Å². The van der Waals surface area contributed by atoms with Gasteiger partial charge in [0, 0.05) is 11.3 Å². The molecule has 0 spiro atoms. The first-order chi connectivity index (χ1) is 11.9. The number of anilines is 1. The fourth-order valence-electron chi connectivity index (χ4n) is 3.58. The van der Waals surface area contributed by atoms with Gasteiger partial charge >= 0.3 is 5.97 Å². The highest BCUT2D eigenvalue weighted by atomic mass is 32.2. The Hall–Kier alpha value is -1.41. The summed E-state index contributed by atoms with van der Waals surface area (Å²) >= 11 is 1.19. The summed E-state index contributed by atoms with van der Waals surface area (Å²) in [6.45, 7) is 1.96. The average Bonchev–Trinajstić information content (AvgIpc) is 3.13. The highest BCUT2D eigenvalue weighted by Gasteiger charge is 2.32. The number of fused-ring (bicyclic) bond motifs is 1. The smallest absolute Gasteiger partial charge is 0.341 e. The minimum Gasteiger partial charge on any atom is -0.462 e. The van der Waals surface area contributed by atoms with Gasteiger partial charge in [0.1, 0.15) is 5.00 Å². The number of rotatable bonds is 5. The Morgan fingerprint density at radius 1 is 1.28 bits per heavy atom. The van der Waals surface area contributed by atoms with Crippen molar-refractivity contribution in [3.8, 4) is 0 Å². The van der Waals surface area contributed by atoms with Gasteiger partial charge in [-0.2, -0.15) is 0 Å². The third kappa shape index (κ3) is 4.23. The van der Waals surface area contributed by atoms with Gasteiger partial charge in [0.2, 0.25) is 5.91 Å². The molecule has 2 aliphatic rings. The van der Waals surface area contributed by atoms with Gasteiger partial charge in [-0.05, 0) is 37.7 Å². The first-order valence-electron chi connectivity index (χ1n) is 8.71. The molecule has 1 aromatic heterocycles. The van der Waals surface area contributed by atoms with E-state index >= 15 is 0 Å². The van der Waals surface area contributed by atoms with Crippen LogP contribution in [0.1, 0.15) is 59.8 Å². The van der Waals surface area contributed by atoms with Gasteiger partial charge in [-0.1, -0.05) is 12.8 Å². The van der Waals surface area contributed by atoms with E-state index in [1.807, 2.05) is 0 Å². The number of hydrogen-bond acceptors (Lipinski definition) is 6. The lowest BCUT2D eigenvalue weighted by Gasteiger charge is -2.13. The second-order valence-electron chi connectivity index (χ2n) is 6.67. The van der Waals surface area contributed by atoms with Crippen molar-refractivity contribution in [3.05, 3.63) is 16.0 Å². The van der Waals surface area contributed by atoms with E-state index in [-0.39, 0.29) is 24.0 Å². The summed E-state index contributed by atoms with van der Waals surface area (Å²) < 4.78 is 28.9. The van der Waals surface area contributed by atoms with Crippen LogP contribution in [0.4, 0.5) is 5.00 Å². The minimum absolute atomic E-state index is 0.0264. The lowest BCUT2D eigenvalue weighted by Crippen LogP contribution is -2.20. The number of carbonyl (C=O) groups is 2. The molecular formula is C17H23NO5S2. The van der Waals surface area contributed by atoms with Crippen molar-refractivity contribution in [2.75, 3.05) is 17.7 Å². The molecule has 1 fully saturated rings. The Morgan fingerprint density at radius 3 is 2.68 bits per heavy atom. The second-order valence-corrected chi connectivity index (χ2v) is 9.96. The standard InChI is InChI=1S/C17H23NO5S2/c1-2-23-17(20)15-12-7-8-25(21,22)10-13(12)24-16(15)18-14(19)9-11-5-3-4-6-11/h11H,2-10H2,1H3,(H,18,19). The molecule has 1 saturated carbocycles. The van der Waals surface area contributed by atoms with Crippen LogP contribution in [-0.4, -0.2) is 32.7 Å². The average molecular weight is 386 g/mol. The molecule has 1 N–H and O–H groups in total. The SMILES string of the molecule is CCOC(=O)c1c(NC(=O)CC2CCCC2)sc2c1CCS(=O)(=O)C2. The van der Waals surface area contributed by atoms with Crippen LogP contribution in [0.5, 0.6) is 0 Å². The molecule has 0 bridgehead atoms. The van der Waals surface area contributed by atoms with E-state index in [0.29, 0.717) is 34.2 Å². The van der Waals surface area contributed by atoms with Crippen LogP contribution < -0.4 is 5.32 Å². The summed E-state index contributed by atoms with van der Waals surface area (Å²) in [4.78, 5) is 25.4. The van der Waals surface area contributed by atoms with Gasteiger partial charge in [-0.3, -0.25) is 4.79 Å². The molecular weight excluding hydrogens is 362 g/mol. The normalized spacial score (nSPS) is 19.4. The van der Waals surface area contributed by atoms with Crippen molar-refractivity contribution in [1.82, 2.24) is 0 Å². The number of sulfone groups is 1. The van der Waals surface area contributed by atoms with E-state index in [9.17, 15) is 18.0 Å². The number of amides is 1. The number of hydrogen-bond donors (Lipinski definition) is 1. The summed E-state index contributed by atoms with van der Waals surface area (Å²) in [5.74, 6) is -0.244. The fraction of sp³-hybridized carbons (Fsp3) is 0.647. The van der Waals surface area contributed by atoms with Crippen LogP contribution in [0.2, 0.25) is 0 Å². The topological polar surface area (TPSA) is 89.5 Å². The predicted octanol–water partition coefficient (Wildman–Crippen LogP) is 2.91. The first kappa shape index (κ1) is 18.4. The van der Waals surface area contributed by atoms with Crippen LogP contribution in [0, 0.1) is 5.92 Å². The van der Waals surface area contributed by atoms with E-state index < -0.39 is 15.8 Å². The van der Waals surface area contributed by atoms with Gasteiger partial charge in [-0.25, -0.2) is 13.2 Å². The third-order valence-electron chi connectivity index (χ3n) is 4.79. The number of esters is 1. The number of carbonyl (C=O) groups excluding carboxylic acids is 2. The predicted molar refractivity (Wildman–Crippen MR) is 96.7 cm³/mol. The van der Waals surface area contributed by atoms with Crippen LogP contribution in [0.25, 0.3) is 0 Å². The highest BCUT2D eigenvalue weighted by Crippen LogP contribution is 2.39. The maximum absolute atomic E-state index is 12.4. The zero-order valence-electron chi connectivity index (χ0n) is 14.3. The second kappa shape index (κ2) is 7.45. The molecule has 6 nitrogen and oxygen atoms in total. The van der Waals surface area contributed by atoms with Gasteiger partial charge in [0.05, 0.1) is 23.7 Å². The molecule has 1 aliphatic heterocycles. The van der Waals surface area contributed by atoms with E-state index in [1.165, 1.54) is 11.3 Å². The summed E-state index contributed by atoms with van der Waals surface area (Å²) in [6.07, 6.45) is 5.20. The lowest BCUT2D eigenvalue weighted by atomic mass is 10.0. The van der Waals surface area contributed by atoms with E-state index in [1.54, 1.807) is 6.92 Å². The van der Waals surface area contributed by atoms with Crippen molar-refractivity contribution < 1.29 is 22.7 Å². The van der Waals surface area contributed by atoms with Crippen molar-refractivity contribution in [2.24, 2.45) is 5.92 Å². The summed E-state index contributed by atoms with van der Waals surface area (Å²) in [5.41, 5.74) is 1.06. The maximum Gasteiger partial charge on any atom is 0.341 e. The highest BCUT2D eigenvalue weighted by molar-refractivity contribution is 7.90. The molecule has 25 heavy (non-hydrogen) atoms. The molecule has 0 saturated heterocycles. The summed E-state index contributed by atoms with van der Waals surface area (Å²) in [5, 5.41) is 3.28. The molecule has 1 aromatic rings. The number of nitrogens with one attached hydrogen (secondary N) is 1.